The lowest BCUT2D eigenvalue weighted by molar-refractivity contribution is -0.144. The molecule has 0 aromatic heterocycles. The number of carbonyl (C=O) groups is 1. The van der Waals surface area contributed by atoms with Crippen molar-refractivity contribution in [3.63, 3.8) is 0 Å². The van der Waals surface area contributed by atoms with Crippen LogP contribution >= 0.6 is 0 Å². The van der Waals surface area contributed by atoms with Gasteiger partial charge in [0.05, 0.1) is 12.2 Å². The van der Waals surface area contributed by atoms with Gasteiger partial charge in [0.25, 0.3) is 0 Å². The number of esters is 1. The number of unbranched alkanes of at least 4 members (excludes halogenated alkanes) is 2. The van der Waals surface area contributed by atoms with Crippen molar-refractivity contribution >= 4 is 5.97 Å². The highest BCUT2D eigenvalue weighted by atomic mass is 16.5. The highest BCUT2D eigenvalue weighted by molar-refractivity contribution is 5.66. The van der Waals surface area contributed by atoms with E-state index in [1.165, 1.54) is 6.92 Å². The van der Waals surface area contributed by atoms with E-state index in [1.807, 2.05) is 66.7 Å². The van der Waals surface area contributed by atoms with Crippen molar-refractivity contribution in [2.45, 2.75) is 76.3 Å². The van der Waals surface area contributed by atoms with E-state index in [0.29, 0.717) is 19.4 Å². The van der Waals surface area contributed by atoms with Gasteiger partial charge in [-0.2, -0.15) is 0 Å². The van der Waals surface area contributed by atoms with E-state index in [4.69, 9.17) is 9.47 Å². The van der Waals surface area contributed by atoms with E-state index in [2.05, 4.69) is 43.3 Å². The van der Waals surface area contributed by atoms with E-state index < -0.39 is 17.8 Å². The number of ether oxygens (including phenoxy) is 2. The van der Waals surface area contributed by atoms with E-state index in [-0.39, 0.29) is 23.9 Å². The van der Waals surface area contributed by atoms with Crippen LogP contribution in [-0.4, -0.2) is 41.1 Å². The van der Waals surface area contributed by atoms with Gasteiger partial charge in [-0.25, -0.2) is 0 Å². The van der Waals surface area contributed by atoms with Crippen molar-refractivity contribution in [3.8, 4) is 0 Å². The Kier molecular flexibility index (Phi) is 11.3. The predicted molar refractivity (Wildman–Crippen MR) is 162 cm³/mol. The molecule has 3 aromatic carbocycles. The van der Waals surface area contributed by atoms with E-state index in [0.717, 1.165) is 42.4 Å². The molecule has 0 aliphatic heterocycles. The molecule has 1 aliphatic rings. The molecular weight excluding hydrogens is 512 g/mol. The fourth-order valence-corrected chi connectivity index (χ4v) is 6.15. The second-order valence-electron chi connectivity index (χ2n) is 11.1. The zero-order valence-corrected chi connectivity index (χ0v) is 24.3. The van der Waals surface area contributed by atoms with Gasteiger partial charge in [-0.15, -0.1) is 0 Å². The quantitative estimate of drug-likeness (QED) is 0.0987. The molecule has 3 aromatic rings. The van der Waals surface area contributed by atoms with Crippen LogP contribution in [0.4, 0.5) is 0 Å². The standard InChI is InChI=1S/C36H44O5/c1-3-4-8-21-31(41-27(2)37)22-23-32-33(35(39)26-34(32)38)24-25-40-36(28-15-9-5-10-16-28,29-17-11-6-12-18-29)30-19-13-7-14-20-30/h5-7,9-20,22-23,31-35,38-39H,3-4,8,21,24-26H2,1-2H3/b23-22+/t31-,32+,33+,34-,35+/m0/s1. The number of hydrogen-bond acceptors (Lipinski definition) is 5. The van der Waals surface area contributed by atoms with Gasteiger partial charge in [0.2, 0.25) is 0 Å². The third kappa shape index (κ3) is 7.73. The molecule has 5 nitrogen and oxygen atoms in total. The van der Waals surface area contributed by atoms with Crippen LogP contribution in [-0.2, 0) is 19.9 Å². The van der Waals surface area contributed by atoms with Crippen molar-refractivity contribution in [3.05, 3.63) is 120 Å². The number of hydrogen-bond donors (Lipinski definition) is 2. The summed E-state index contributed by atoms with van der Waals surface area (Å²) in [6, 6.07) is 30.7. The minimum atomic E-state index is -0.836. The molecule has 0 radical (unpaired) electrons. The summed E-state index contributed by atoms with van der Waals surface area (Å²) in [6.45, 7) is 3.94. The largest absolute Gasteiger partial charge is 0.458 e. The summed E-state index contributed by atoms with van der Waals surface area (Å²) in [5.41, 5.74) is 2.24. The van der Waals surface area contributed by atoms with Crippen LogP contribution < -0.4 is 0 Å². The lowest BCUT2D eigenvalue weighted by Gasteiger charge is -2.36. The highest BCUT2D eigenvalue weighted by Crippen LogP contribution is 2.42. The molecule has 41 heavy (non-hydrogen) atoms. The number of benzene rings is 3. The molecule has 0 heterocycles. The van der Waals surface area contributed by atoms with Crippen molar-refractivity contribution in [1.29, 1.82) is 0 Å². The molecule has 0 amide bonds. The first-order chi connectivity index (χ1) is 20.0. The second kappa shape index (κ2) is 15.1. The average molecular weight is 557 g/mol. The summed E-state index contributed by atoms with van der Waals surface area (Å²) < 4.78 is 12.5. The number of aliphatic hydroxyl groups is 2. The monoisotopic (exact) mass is 556 g/mol. The van der Waals surface area contributed by atoms with Crippen molar-refractivity contribution in [2.75, 3.05) is 6.61 Å². The smallest absolute Gasteiger partial charge is 0.303 e. The van der Waals surface area contributed by atoms with Gasteiger partial charge < -0.3 is 19.7 Å². The molecule has 1 saturated carbocycles. The highest BCUT2D eigenvalue weighted by Gasteiger charge is 2.42. The van der Waals surface area contributed by atoms with Crippen LogP contribution in [0.25, 0.3) is 0 Å². The Labute approximate surface area is 244 Å². The molecule has 2 N–H and O–H groups in total. The molecule has 5 heteroatoms. The number of aliphatic hydroxyl groups excluding tert-OH is 2. The normalized spacial score (nSPS) is 21.7. The first kappa shape index (κ1) is 30.7. The Morgan fingerprint density at radius 2 is 1.41 bits per heavy atom. The average Bonchev–Trinajstić information content (AvgIpc) is 3.26. The minimum Gasteiger partial charge on any atom is -0.458 e. The zero-order chi connectivity index (χ0) is 29.1. The Bertz CT molecular complexity index is 1110. The fourth-order valence-electron chi connectivity index (χ4n) is 6.15. The van der Waals surface area contributed by atoms with Gasteiger partial charge in [0.15, 0.2) is 0 Å². The summed E-state index contributed by atoms with van der Waals surface area (Å²) in [4.78, 5) is 11.7. The van der Waals surface area contributed by atoms with Crippen LogP contribution in [0.3, 0.4) is 0 Å². The zero-order valence-electron chi connectivity index (χ0n) is 24.3. The second-order valence-corrected chi connectivity index (χ2v) is 11.1. The molecule has 0 saturated heterocycles. The number of rotatable bonds is 14. The molecule has 0 bridgehead atoms. The Morgan fingerprint density at radius 1 is 0.878 bits per heavy atom. The molecule has 0 spiro atoms. The van der Waals surface area contributed by atoms with Crippen LogP contribution in [0.15, 0.2) is 103 Å². The Hall–Kier alpha value is -3.25. The summed E-state index contributed by atoms with van der Waals surface area (Å²) in [5.74, 6) is -0.750. The van der Waals surface area contributed by atoms with Crippen molar-refractivity contribution < 1.29 is 24.5 Å². The Balaban J connectivity index is 1.58. The lowest BCUT2D eigenvalue weighted by atomic mass is 9.80. The summed E-state index contributed by atoms with van der Waals surface area (Å²) >= 11 is 0. The summed E-state index contributed by atoms with van der Waals surface area (Å²) in [7, 11) is 0. The maximum absolute atomic E-state index is 11.7. The SMILES string of the molecule is CCCCC[C@@H](/C=C/[C@@H]1[C@@H](CCOC(c2ccccc2)(c2ccccc2)c2ccccc2)[C@H](O)C[C@@H]1O)OC(C)=O. The van der Waals surface area contributed by atoms with Gasteiger partial charge in [-0.1, -0.05) is 117 Å². The third-order valence-electron chi connectivity index (χ3n) is 8.18. The maximum Gasteiger partial charge on any atom is 0.303 e. The third-order valence-corrected chi connectivity index (χ3v) is 8.18. The van der Waals surface area contributed by atoms with Crippen LogP contribution in [0.5, 0.6) is 0 Å². The van der Waals surface area contributed by atoms with Crippen molar-refractivity contribution in [2.24, 2.45) is 11.8 Å². The van der Waals surface area contributed by atoms with Crippen LogP contribution in [0, 0.1) is 11.8 Å². The van der Waals surface area contributed by atoms with Crippen molar-refractivity contribution in [1.82, 2.24) is 0 Å². The fraction of sp³-hybridized carbons (Fsp3) is 0.417. The Morgan fingerprint density at radius 3 is 1.90 bits per heavy atom. The molecule has 5 atom stereocenters. The van der Waals surface area contributed by atoms with E-state index >= 15 is 0 Å². The van der Waals surface area contributed by atoms with Gasteiger partial charge in [0.1, 0.15) is 11.7 Å². The molecule has 218 valence electrons. The predicted octanol–water partition coefficient (Wildman–Crippen LogP) is 6.81. The maximum atomic E-state index is 11.7. The summed E-state index contributed by atoms with van der Waals surface area (Å²) in [6.07, 6.45) is 6.96. The van der Waals surface area contributed by atoms with E-state index in [9.17, 15) is 15.0 Å². The van der Waals surface area contributed by atoms with E-state index in [1.54, 1.807) is 0 Å². The molecule has 1 fully saturated rings. The molecule has 4 rings (SSSR count). The first-order valence-electron chi connectivity index (χ1n) is 15.0. The van der Waals surface area contributed by atoms with Gasteiger partial charge in [-0.3, -0.25) is 4.79 Å². The topological polar surface area (TPSA) is 76.0 Å². The van der Waals surface area contributed by atoms with Crippen LogP contribution in [0.2, 0.25) is 0 Å². The number of carbonyl (C=O) groups excluding carboxylic acids is 1. The van der Waals surface area contributed by atoms with Crippen LogP contribution in [0.1, 0.15) is 69.1 Å². The molecule has 1 aliphatic carbocycles. The van der Waals surface area contributed by atoms with Gasteiger partial charge in [0, 0.05) is 25.9 Å². The molecular formula is C36H44O5. The summed E-state index contributed by atoms with van der Waals surface area (Å²) in [5, 5.41) is 21.8. The first-order valence-corrected chi connectivity index (χ1v) is 15.0. The lowest BCUT2D eigenvalue weighted by Crippen LogP contribution is -2.34. The van der Waals surface area contributed by atoms with Gasteiger partial charge in [-0.05, 0) is 47.9 Å². The van der Waals surface area contributed by atoms with Gasteiger partial charge >= 0.3 is 5.97 Å². The molecule has 0 unspecified atom stereocenters. The minimum absolute atomic E-state index is 0.185.